The largest absolute Gasteiger partial charge is 0.511 e. The van der Waals surface area contributed by atoms with Crippen molar-refractivity contribution < 1.29 is 48.0 Å². The van der Waals surface area contributed by atoms with Crippen LogP contribution in [0.2, 0.25) is 0 Å². The van der Waals surface area contributed by atoms with Gasteiger partial charge in [-0.1, -0.05) is 20.8 Å². The third-order valence-electron chi connectivity index (χ3n) is 9.64. The average Bonchev–Trinajstić information content (AvgIpc) is 2.84. The van der Waals surface area contributed by atoms with Crippen LogP contribution in [0.25, 0.3) is 0 Å². The molecule has 5 rings (SSSR count). The smallest absolute Gasteiger partial charge is 0.417 e. The van der Waals surface area contributed by atoms with Gasteiger partial charge in [0.2, 0.25) is 5.78 Å². The number of fused-ring (bicyclic) bond motifs is 3. The van der Waals surface area contributed by atoms with Crippen molar-refractivity contribution in [1.82, 2.24) is 4.90 Å². The molecule has 0 spiro atoms. The van der Waals surface area contributed by atoms with Gasteiger partial charge < -0.3 is 26.2 Å². The number of primary amides is 1. The predicted octanol–water partition coefficient (Wildman–Crippen LogP) is 3.86. The Kier molecular flexibility index (Phi) is 7.05. The molecule has 42 heavy (non-hydrogen) atoms. The summed E-state index contributed by atoms with van der Waals surface area (Å²) < 4.78 is 44.0. The molecule has 0 bridgehead atoms. The van der Waals surface area contributed by atoms with E-state index >= 15 is 0 Å². The van der Waals surface area contributed by atoms with E-state index in [-0.39, 0.29) is 23.9 Å². The minimum absolute atomic E-state index is 0.0769. The highest BCUT2D eigenvalue weighted by Crippen LogP contribution is 2.53. The number of rotatable bonds is 3. The Morgan fingerprint density at radius 1 is 1.10 bits per heavy atom. The number of likely N-dealkylation sites (tertiary alicyclic amines) is 1. The third-order valence-corrected chi connectivity index (χ3v) is 9.64. The van der Waals surface area contributed by atoms with Gasteiger partial charge in [-0.2, -0.15) is 13.2 Å². The normalized spacial score (nSPS) is 27.6. The van der Waals surface area contributed by atoms with Gasteiger partial charge in [0.15, 0.2) is 11.4 Å². The molecular weight excluding hydrogens is 557 g/mol. The number of aromatic hydroxyl groups is 1. The summed E-state index contributed by atoms with van der Waals surface area (Å²) in [6, 6.07) is 0.936. The lowest BCUT2D eigenvalue weighted by Gasteiger charge is -2.46. The van der Waals surface area contributed by atoms with E-state index in [9.17, 15) is 48.0 Å². The standard InChI is InChI=1S/C30H35F3N2O7/c1-28(2,3)15-4-6-35(7-5-15)12-14-10-18(36)21-17(23(14)30(31,32)33)9-13-8-16-11-19(37)22(27(34)41)26(40)29(16,42)25(39)20(13)24(21)38/h10,13,15-16,36-37,39,42H,4-9,11-12H2,1-3H3,(H2,34,41)/t13?,16-,29-/m0/s1. The maximum Gasteiger partial charge on any atom is 0.417 e. The van der Waals surface area contributed by atoms with Crippen LogP contribution in [-0.2, 0) is 28.7 Å². The first-order chi connectivity index (χ1) is 19.4. The zero-order valence-corrected chi connectivity index (χ0v) is 23.6. The number of hydrogen-bond acceptors (Lipinski definition) is 8. The van der Waals surface area contributed by atoms with Crippen LogP contribution in [0.4, 0.5) is 13.2 Å². The van der Waals surface area contributed by atoms with Crippen molar-refractivity contribution in [2.24, 2.45) is 28.9 Å². The number of hydrogen-bond donors (Lipinski definition) is 5. The van der Waals surface area contributed by atoms with Crippen LogP contribution in [0.1, 0.15) is 73.5 Å². The van der Waals surface area contributed by atoms with Crippen molar-refractivity contribution >= 4 is 17.5 Å². The summed E-state index contributed by atoms with van der Waals surface area (Å²) in [5.41, 5.74) is -1.16. The van der Waals surface area contributed by atoms with Crippen molar-refractivity contribution in [2.75, 3.05) is 13.1 Å². The second-order valence-corrected chi connectivity index (χ2v) is 13.1. The Bertz CT molecular complexity index is 1450. The lowest BCUT2D eigenvalue weighted by Crippen LogP contribution is -2.57. The van der Waals surface area contributed by atoms with E-state index in [1.165, 1.54) is 0 Å². The molecule has 1 amide bonds. The topological polar surface area (TPSA) is 161 Å². The number of amides is 1. The van der Waals surface area contributed by atoms with E-state index in [0.717, 1.165) is 18.9 Å². The molecule has 9 nitrogen and oxygen atoms in total. The van der Waals surface area contributed by atoms with Crippen LogP contribution in [0.15, 0.2) is 28.7 Å². The Morgan fingerprint density at radius 2 is 1.71 bits per heavy atom. The summed E-state index contributed by atoms with van der Waals surface area (Å²) in [6.45, 7) is 7.49. The number of piperidine rings is 1. The molecule has 0 radical (unpaired) electrons. The predicted molar refractivity (Wildman–Crippen MR) is 143 cm³/mol. The number of carbonyl (C=O) groups excluding carboxylic acids is 3. The number of nitrogens with zero attached hydrogens (tertiary/aromatic N) is 1. The lowest BCUT2D eigenvalue weighted by molar-refractivity contribution is -0.144. The first-order valence-corrected chi connectivity index (χ1v) is 14.0. The van der Waals surface area contributed by atoms with E-state index in [0.29, 0.717) is 19.0 Å². The van der Waals surface area contributed by atoms with Crippen LogP contribution in [0.3, 0.4) is 0 Å². The lowest BCUT2D eigenvalue weighted by atomic mass is 9.60. The van der Waals surface area contributed by atoms with Gasteiger partial charge in [0.1, 0.15) is 22.8 Å². The molecule has 0 aromatic heterocycles. The van der Waals surface area contributed by atoms with E-state index in [1.54, 1.807) is 0 Å². The molecule has 1 aromatic rings. The highest BCUT2D eigenvalue weighted by molar-refractivity contribution is 6.24. The molecule has 228 valence electrons. The number of ketones is 2. The second kappa shape index (κ2) is 9.84. The molecule has 6 N–H and O–H groups in total. The molecule has 4 aliphatic rings. The number of aliphatic hydroxyl groups is 3. The summed E-state index contributed by atoms with van der Waals surface area (Å²) in [6.07, 6.45) is -4.34. The average molecular weight is 593 g/mol. The minimum Gasteiger partial charge on any atom is -0.511 e. The van der Waals surface area contributed by atoms with Crippen LogP contribution in [0.5, 0.6) is 5.75 Å². The number of phenolic OH excluding ortho intramolecular Hbond substituents is 1. The van der Waals surface area contributed by atoms with Crippen molar-refractivity contribution in [3.8, 4) is 5.75 Å². The maximum absolute atomic E-state index is 14.7. The zero-order valence-electron chi connectivity index (χ0n) is 23.6. The molecule has 0 saturated carbocycles. The maximum atomic E-state index is 14.7. The Labute approximate surface area is 240 Å². The van der Waals surface area contributed by atoms with Crippen molar-refractivity contribution in [1.29, 1.82) is 0 Å². The van der Waals surface area contributed by atoms with Gasteiger partial charge in [0.25, 0.3) is 5.91 Å². The fraction of sp³-hybridized carbons (Fsp3) is 0.567. The van der Waals surface area contributed by atoms with E-state index < -0.39 is 99.0 Å². The highest BCUT2D eigenvalue weighted by atomic mass is 19.4. The SMILES string of the molecule is CC(C)(C)C1CCN(Cc2cc(O)c3c(c2C(F)(F)F)CC2C[C@H]4CC(O)=C(C(N)=O)C(=O)[C@@]4(O)C(O)=C2C3=O)CC1. The van der Waals surface area contributed by atoms with Crippen LogP contribution < -0.4 is 5.73 Å². The number of benzene rings is 1. The summed E-state index contributed by atoms with van der Waals surface area (Å²) in [5.74, 6) is -8.23. The van der Waals surface area contributed by atoms with E-state index in [1.807, 2.05) is 4.90 Å². The molecule has 3 atom stereocenters. The van der Waals surface area contributed by atoms with Gasteiger partial charge >= 0.3 is 6.18 Å². The Morgan fingerprint density at radius 3 is 2.26 bits per heavy atom. The summed E-state index contributed by atoms with van der Waals surface area (Å²) in [7, 11) is 0. The van der Waals surface area contributed by atoms with E-state index in [4.69, 9.17) is 5.73 Å². The molecule has 3 aliphatic carbocycles. The van der Waals surface area contributed by atoms with Crippen molar-refractivity contribution in [3.05, 3.63) is 51.0 Å². The number of Topliss-reactive ketones (excluding diaryl/α,β-unsaturated/α-hetero) is 2. The fourth-order valence-corrected chi connectivity index (χ4v) is 7.43. The number of allylic oxidation sites excluding steroid dienone is 2. The first-order valence-electron chi connectivity index (χ1n) is 14.0. The molecule has 1 aliphatic heterocycles. The molecule has 12 heteroatoms. The minimum atomic E-state index is -4.87. The van der Waals surface area contributed by atoms with Crippen LogP contribution in [0, 0.1) is 23.2 Å². The number of phenols is 1. The van der Waals surface area contributed by atoms with Gasteiger partial charge in [-0.25, -0.2) is 0 Å². The van der Waals surface area contributed by atoms with Gasteiger partial charge in [-0.15, -0.1) is 0 Å². The highest BCUT2D eigenvalue weighted by Gasteiger charge is 2.60. The van der Waals surface area contributed by atoms with Gasteiger partial charge in [0.05, 0.1) is 11.1 Å². The molecular formula is C30H35F3N2O7. The number of aliphatic hydroxyl groups excluding tert-OH is 2. The fourth-order valence-electron chi connectivity index (χ4n) is 7.43. The number of nitrogens with two attached hydrogens (primary N) is 1. The summed E-state index contributed by atoms with van der Waals surface area (Å²) in [5, 5.41) is 43.6. The quantitative estimate of drug-likeness (QED) is 0.331. The van der Waals surface area contributed by atoms with Crippen molar-refractivity contribution in [2.45, 2.75) is 71.2 Å². The van der Waals surface area contributed by atoms with Gasteiger partial charge in [-0.3, -0.25) is 19.3 Å². The molecule has 1 saturated heterocycles. The first kappa shape index (κ1) is 30.1. The summed E-state index contributed by atoms with van der Waals surface area (Å²) >= 11 is 0. The molecule has 1 unspecified atom stereocenters. The second-order valence-electron chi connectivity index (χ2n) is 13.1. The number of halogens is 3. The van der Waals surface area contributed by atoms with Crippen LogP contribution in [-0.4, -0.2) is 61.5 Å². The van der Waals surface area contributed by atoms with Gasteiger partial charge in [-0.05, 0) is 73.2 Å². The zero-order chi connectivity index (χ0) is 31.1. The summed E-state index contributed by atoms with van der Waals surface area (Å²) in [4.78, 5) is 40.4. The molecule has 1 aromatic carbocycles. The number of alkyl halides is 3. The monoisotopic (exact) mass is 592 g/mol. The van der Waals surface area contributed by atoms with E-state index in [2.05, 4.69) is 20.8 Å². The van der Waals surface area contributed by atoms with Crippen molar-refractivity contribution in [3.63, 3.8) is 0 Å². The molecule has 1 heterocycles. The third kappa shape index (κ3) is 4.59. The Balaban J connectivity index is 1.57. The van der Waals surface area contributed by atoms with Crippen LogP contribution >= 0.6 is 0 Å². The molecule has 1 fully saturated rings. The number of carbonyl (C=O) groups is 3. The van der Waals surface area contributed by atoms with Gasteiger partial charge in [0, 0.05) is 24.5 Å². The Hall–Kier alpha value is -3.38.